The zero-order valence-electron chi connectivity index (χ0n) is 11.9. The Balaban J connectivity index is 1.61. The maximum atomic E-state index is 12.8. The van der Waals surface area contributed by atoms with Gasteiger partial charge in [-0.15, -0.1) is 0 Å². The van der Waals surface area contributed by atoms with E-state index in [-0.39, 0.29) is 23.9 Å². The number of carbonyl (C=O) groups excluding carboxylic acids is 2. The van der Waals surface area contributed by atoms with E-state index in [0.717, 1.165) is 31.2 Å². The van der Waals surface area contributed by atoms with Gasteiger partial charge in [0.2, 0.25) is 11.8 Å². The van der Waals surface area contributed by atoms with Crippen LogP contribution in [0.3, 0.4) is 0 Å². The summed E-state index contributed by atoms with van der Waals surface area (Å²) in [4.78, 5) is 31.1. The quantitative estimate of drug-likeness (QED) is 0.901. The fraction of sp³-hybridized carbons (Fsp3) is 0.562. The molecule has 1 saturated heterocycles. The molecule has 3 fully saturated rings. The SMILES string of the molecule is O=C1NC(C2CC2)C(=O)N(Cc2ccncc2)C1C1CC1. The van der Waals surface area contributed by atoms with Crippen molar-refractivity contribution in [3.8, 4) is 0 Å². The van der Waals surface area contributed by atoms with E-state index in [9.17, 15) is 9.59 Å². The Morgan fingerprint density at radius 3 is 2.38 bits per heavy atom. The fourth-order valence-corrected chi connectivity index (χ4v) is 3.25. The zero-order valence-corrected chi connectivity index (χ0v) is 11.9. The van der Waals surface area contributed by atoms with Crippen molar-refractivity contribution < 1.29 is 9.59 Å². The first-order chi connectivity index (χ1) is 10.2. The summed E-state index contributed by atoms with van der Waals surface area (Å²) in [5, 5.41) is 2.97. The molecular formula is C16H19N3O2. The molecule has 3 aliphatic rings. The fourth-order valence-electron chi connectivity index (χ4n) is 3.25. The first-order valence-electron chi connectivity index (χ1n) is 7.74. The van der Waals surface area contributed by atoms with E-state index in [1.165, 1.54) is 0 Å². The van der Waals surface area contributed by atoms with Crippen LogP contribution in [0.2, 0.25) is 0 Å². The van der Waals surface area contributed by atoms with Gasteiger partial charge in [-0.05, 0) is 55.2 Å². The topological polar surface area (TPSA) is 62.3 Å². The molecule has 5 nitrogen and oxygen atoms in total. The summed E-state index contributed by atoms with van der Waals surface area (Å²) in [6.07, 6.45) is 7.66. The van der Waals surface area contributed by atoms with Crippen molar-refractivity contribution in [2.45, 2.75) is 44.3 Å². The number of hydrogen-bond acceptors (Lipinski definition) is 3. The molecule has 0 bridgehead atoms. The second-order valence-corrected chi connectivity index (χ2v) is 6.43. The summed E-state index contributed by atoms with van der Waals surface area (Å²) in [7, 11) is 0. The lowest BCUT2D eigenvalue weighted by molar-refractivity contribution is -0.151. The lowest BCUT2D eigenvalue weighted by Crippen LogP contribution is -2.64. The van der Waals surface area contributed by atoms with Crippen LogP contribution in [0.5, 0.6) is 0 Å². The van der Waals surface area contributed by atoms with Crippen LogP contribution in [0.25, 0.3) is 0 Å². The number of carbonyl (C=O) groups is 2. The van der Waals surface area contributed by atoms with Gasteiger partial charge in [-0.1, -0.05) is 0 Å². The number of rotatable bonds is 4. The molecule has 1 aromatic heterocycles. The van der Waals surface area contributed by atoms with E-state index in [1.807, 2.05) is 17.0 Å². The van der Waals surface area contributed by atoms with Crippen LogP contribution in [0, 0.1) is 11.8 Å². The summed E-state index contributed by atoms with van der Waals surface area (Å²) >= 11 is 0. The molecule has 1 N–H and O–H groups in total. The molecule has 5 heteroatoms. The smallest absolute Gasteiger partial charge is 0.246 e. The van der Waals surface area contributed by atoms with E-state index in [2.05, 4.69) is 10.3 Å². The standard InChI is InChI=1S/C16H19N3O2/c20-15-14(12-3-4-12)19(9-10-5-7-17-8-6-10)16(21)13(18-15)11-1-2-11/h5-8,11-14H,1-4,9H2,(H,18,20). The van der Waals surface area contributed by atoms with Gasteiger partial charge in [-0.3, -0.25) is 14.6 Å². The largest absolute Gasteiger partial charge is 0.342 e. The molecule has 21 heavy (non-hydrogen) atoms. The molecule has 0 spiro atoms. The Morgan fingerprint density at radius 2 is 1.76 bits per heavy atom. The molecule has 2 aliphatic carbocycles. The maximum absolute atomic E-state index is 12.8. The summed E-state index contributed by atoms with van der Waals surface area (Å²) in [6, 6.07) is 3.25. The molecule has 2 unspecified atom stereocenters. The van der Waals surface area contributed by atoms with Crippen LogP contribution in [0.1, 0.15) is 31.2 Å². The van der Waals surface area contributed by atoms with Crippen molar-refractivity contribution in [2.75, 3.05) is 0 Å². The molecule has 4 rings (SSSR count). The van der Waals surface area contributed by atoms with E-state index >= 15 is 0 Å². The Hall–Kier alpha value is -1.91. The van der Waals surface area contributed by atoms with E-state index in [4.69, 9.17) is 0 Å². The van der Waals surface area contributed by atoms with Gasteiger partial charge >= 0.3 is 0 Å². The van der Waals surface area contributed by atoms with E-state index in [0.29, 0.717) is 18.4 Å². The minimum absolute atomic E-state index is 0.0445. The molecule has 110 valence electrons. The minimum atomic E-state index is -0.297. The van der Waals surface area contributed by atoms with Crippen LogP contribution in [-0.4, -0.2) is 33.8 Å². The molecule has 0 aromatic carbocycles. The number of nitrogens with one attached hydrogen (secondary N) is 1. The molecule has 2 saturated carbocycles. The van der Waals surface area contributed by atoms with Crippen LogP contribution >= 0.6 is 0 Å². The Bertz CT molecular complexity index is 566. The van der Waals surface area contributed by atoms with Gasteiger partial charge in [0.1, 0.15) is 12.1 Å². The van der Waals surface area contributed by atoms with E-state index < -0.39 is 0 Å². The molecule has 2 atom stereocenters. The Kier molecular flexibility index (Phi) is 2.94. The summed E-state index contributed by atoms with van der Waals surface area (Å²) in [5.41, 5.74) is 1.04. The second kappa shape index (κ2) is 4.83. The number of pyridine rings is 1. The first-order valence-corrected chi connectivity index (χ1v) is 7.74. The van der Waals surface area contributed by atoms with Gasteiger partial charge in [0, 0.05) is 18.9 Å². The van der Waals surface area contributed by atoms with Gasteiger partial charge in [-0.2, -0.15) is 0 Å². The highest BCUT2D eigenvalue weighted by Gasteiger charge is 2.51. The Morgan fingerprint density at radius 1 is 1.10 bits per heavy atom. The summed E-state index contributed by atoms with van der Waals surface area (Å²) in [6.45, 7) is 0.513. The molecule has 0 radical (unpaired) electrons. The third-order valence-corrected chi connectivity index (χ3v) is 4.72. The van der Waals surface area contributed by atoms with Crippen LogP contribution in [-0.2, 0) is 16.1 Å². The molecular weight excluding hydrogens is 266 g/mol. The third kappa shape index (κ3) is 2.41. The van der Waals surface area contributed by atoms with Crippen LogP contribution < -0.4 is 5.32 Å². The van der Waals surface area contributed by atoms with Crippen molar-refractivity contribution in [3.63, 3.8) is 0 Å². The van der Waals surface area contributed by atoms with Gasteiger partial charge in [-0.25, -0.2) is 0 Å². The monoisotopic (exact) mass is 285 g/mol. The lowest BCUT2D eigenvalue weighted by atomic mass is 9.99. The normalized spacial score (nSPS) is 29.4. The average Bonchev–Trinajstić information content (AvgIpc) is 3.37. The van der Waals surface area contributed by atoms with Crippen molar-refractivity contribution in [1.29, 1.82) is 0 Å². The molecule has 1 aliphatic heterocycles. The third-order valence-electron chi connectivity index (χ3n) is 4.72. The molecule has 1 aromatic rings. The number of amides is 2. The predicted molar refractivity (Wildman–Crippen MR) is 76.0 cm³/mol. The molecule has 2 heterocycles. The van der Waals surface area contributed by atoms with Crippen molar-refractivity contribution in [2.24, 2.45) is 11.8 Å². The van der Waals surface area contributed by atoms with Gasteiger partial charge in [0.15, 0.2) is 0 Å². The van der Waals surface area contributed by atoms with Gasteiger partial charge < -0.3 is 10.2 Å². The second-order valence-electron chi connectivity index (χ2n) is 6.43. The van der Waals surface area contributed by atoms with Crippen molar-refractivity contribution >= 4 is 11.8 Å². The first kappa shape index (κ1) is 12.8. The van der Waals surface area contributed by atoms with Crippen molar-refractivity contribution in [1.82, 2.24) is 15.2 Å². The number of piperazine rings is 1. The highest BCUT2D eigenvalue weighted by molar-refractivity contribution is 5.97. The highest BCUT2D eigenvalue weighted by atomic mass is 16.2. The number of aromatic nitrogens is 1. The highest BCUT2D eigenvalue weighted by Crippen LogP contribution is 2.40. The average molecular weight is 285 g/mol. The van der Waals surface area contributed by atoms with Crippen molar-refractivity contribution in [3.05, 3.63) is 30.1 Å². The summed E-state index contributed by atoms with van der Waals surface area (Å²) in [5.74, 6) is 0.839. The van der Waals surface area contributed by atoms with Gasteiger partial charge in [0.05, 0.1) is 0 Å². The van der Waals surface area contributed by atoms with E-state index in [1.54, 1.807) is 12.4 Å². The number of nitrogens with zero attached hydrogens (tertiary/aromatic N) is 2. The molecule has 2 amide bonds. The van der Waals surface area contributed by atoms with Gasteiger partial charge in [0.25, 0.3) is 0 Å². The van der Waals surface area contributed by atoms with Crippen LogP contribution in [0.4, 0.5) is 0 Å². The van der Waals surface area contributed by atoms with Crippen LogP contribution in [0.15, 0.2) is 24.5 Å². The predicted octanol–water partition coefficient (Wildman–Crippen LogP) is 1.10. The lowest BCUT2D eigenvalue weighted by Gasteiger charge is -2.39. The summed E-state index contributed by atoms with van der Waals surface area (Å²) < 4.78 is 0. The Labute approximate surface area is 123 Å². The minimum Gasteiger partial charge on any atom is -0.342 e. The maximum Gasteiger partial charge on any atom is 0.246 e. The number of hydrogen-bond donors (Lipinski definition) is 1. The zero-order chi connectivity index (χ0) is 14.4.